The molecule has 1 N–H and O–H groups in total. The Labute approximate surface area is 189 Å². The number of nitrogens with one attached hydrogen (secondary N) is 1. The molecule has 2 aromatic heterocycles. The fourth-order valence-corrected chi connectivity index (χ4v) is 4.31. The number of piperazine rings is 1. The van der Waals surface area contributed by atoms with Gasteiger partial charge in [0.25, 0.3) is 11.5 Å². The summed E-state index contributed by atoms with van der Waals surface area (Å²) in [5.74, 6) is 0.912. The van der Waals surface area contributed by atoms with Crippen LogP contribution in [-0.4, -0.2) is 51.5 Å². The quantitative estimate of drug-likeness (QED) is 0.491. The van der Waals surface area contributed by atoms with Crippen LogP contribution in [0.15, 0.2) is 77.7 Å². The Bertz CT molecular complexity index is 1390. The Morgan fingerprint density at radius 3 is 2.34 bits per heavy atom. The second kappa shape index (κ2) is 8.39. The molecule has 0 spiro atoms. The molecule has 32 heavy (non-hydrogen) atoms. The number of H-pyrrole nitrogens is 1. The zero-order chi connectivity index (χ0) is 22.1. The predicted octanol–water partition coefficient (Wildman–Crippen LogP) is 3.41. The first kappa shape index (κ1) is 20.1. The van der Waals surface area contributed by atoms with E-state index in [-0.39, 0.29) is 11.5 Å². The third-order valence-corrected chi connectivity index (χ3v) is 6.00. The second-order valence-electron chi connectivity index (χ2n) is 7.63. The van der Waals surface area contributed by atoms with E-state index >= 15 is 0 Å². The number of para-hydroxylation sites is 1. The lowest BCUT2D eigenvalue weighted by molar-refractivity contribution is 0.0746. The number of carbonyl (C=O) groups excluding carboxylic acids is 1. The van der Waals surface area contributed by atoms with Crippen molar-refractivity contribution in [1.82, 2.24) is 19.4 Å². The van der Waals surface area contributed by atoms with Gasteiger partial charge in [0.15, 0.2) is 4.77 Å². The van der Waals surface area contributed by atoms with Crippen LogP contribution in [0, 0.1) is 4.77 Å². The van der Waals surface area contributed by atoms with Gasteiger partial charge in [-0.05, 0) is 60.7 Å². The topological polar surface area (TPSA) is 74.2 Å². The van der Waals surface area contributed by atoms with Crippen LogP contribution in [0.2, 0.25) is 0 Å². The minimum atomic E-state index is -0.186. The number of rotatable bonds is 3. The summed E-state index contributed by atoms with van der Waals surface area (Å²) in [4.78, 5) is 37.5. The van der Waals surface area contributed by atoms with Gasteiger partial charge < -0.3 is 14.8 Å². The minimum Gasteiger partial charge on any atom is -0.353 e. The number of pyridine rings is 1. The van der Waals surface area contributed by atoms with Crippen molar-refractivity contribution in [1.29, 1.82) is 0 Å². The van der Waals surface area contributed by atoms with E-state index < -0.39 is 0 Å². The molecule has 1 aliphatic heterocycles. The minimum absolute atomic E-state index is 0.0201. The predicted molar refractivity (Wildman–Crippen MR) is 127 cm³/mol. The monoisotopic (exact) mass is 443 g/mol. The highest BCUT2D eigenvalue weighted by molar-refractivity contribution is 7.71. The zero-order valence-corrected chi connectivity index (χ0v) is 18.1. The van der Waals surface area contributed by atoms with Gasteiger partial charge in [0.05, 0.1) is 16.6 Å². The standard InChI is InChI=1S/C24H21N5O2S/c30-22(28-15-13-27(14-16-28)21-7-3-4-12-25-21)17-8-10-18(11-9-17)29-23(31)19-5-1-2-6-20(19)26-24(29)32/h1-12H,13-16H2,(H,26,32). The summed E-state index contributed by atoms with van der Waals surface area (Å²) < 4.78 is 1.77. The molecule has 0 unspecified atom stereocenters. The molecular formula is C24H21N5O2S. The molecule has 1 aliphatic rings. The molecule has 1 amide bonds. The van der Waals surface area contributed by atoms with Gasteiger partial charge in [0.1, 0.15) is 5.82 Å². The average molecular weight is 444 g/mol. The van der Waals surface area contributed by atoms with Crippen LogP contribution < -0.4 is 10.5 Å². The van der Waals surface area contributed by atoms with E-state index in [1.54, 1.807) is 36.5 Å². The first-order valence-electron chi connectivity index (χ1n) is 10.4. The van der Waals surface area contributed by atoms with Crippen molar-refractivity contribution in [2.24, 2.45) is 0 Å². The molecule has 0 radical (unpaired) electrons. The summed E-state index contributed by atoms with van der Waals surface area (Å²) in [6.45, 7) is 2.74. The van der Waals surface area contributed by atoms with Gasteiger partial charge in [-0.2, -0.15) is 0 Å². The molecule has 2 aromatic carbocycles. The van der Waals surface area contributed by atoms with Crippen LogP contribution >= 0.6 is 12.2 Å². The van der Waals surface area contributed by atoms with Gasteiger partial charge >= 0.3 is 0 Å². The number of benzene rings is 2. The van der Waals surface area contributed by atoms with Gasteiger partial charge in [-0.1, -0.05) is 18.2 Å². The van der Waals surface area contributed by atoms with E-state index in [9.17, 15) is 9.59 Å². The normalized spacial score (nSPS) is 14.0. The van der Waals surface area contributed by atoms with Gasteiger partial charge in [-0.3, -0.25) is 14.2 Å². The summed E-state index contributed by atoms with van der Waals surface area (Å²) >= 11 is 5.41. The number of aromatic nitrogens is 3. The first-order valence-corrected chi connectivity index (χ1v) is 10.8. The van der Waals surface area contributed by atoms with E-state index in [0.29, 0.717) is 40.0 Å². The van der Waals surface area contributed by atoms with E-state index in [1.165, 1.54) is 4.57 Å². The maximum atomic E-state index is 13.0. The third-order valence-electron chi connectivity index (χ3n) is 5.72. The molecule has 0 aliphatic carbocycles. The molecule has 0 saturated carbocycles. The largest absolute Gasteiger partial charge is 0.353 e. The molecule has 1 fully saturated rings. The second-order valence-corrected chi connectivity index (χ2v) is 8.02. The molecule has 7 nitrogen and oxygen atoms in total. The highest BCUT2D eigenvalue weighted by Gasteiger charge is 2.22. The van der Waals surface area contributed by atoms with Crippen molar-refractivity contribution in [3.8, 4) is 5.69 Å². The van der Waals surface area contributed by atoms with Crippen molar-refractivity contribution < 1.29 is 4.79 Å². The Hall–Kier alpha value is -3.78. The van der Waals surface area contributed by atoms with Crippen LogP contribution in [0.25, 0.3) is 16.6 Å². The number of fused-ring (bicyclic) bond motifs is 1. The summed E-state index contributed by atoms with van der Waals surface area (Å²) in [7, 11) is 0. The lowest BCUT2D eigenvalue weighted by atomic mass is 10.1. The molecule has 1 saturated heterocycles. The molecular weight excluding hydrogens is 422 g/mol. The number of hydrogen-bond acceptors (Lipinski definition) is 5. The number of aromatic amines is 1. The van der Waals surface area contributed by atoms with Crippen LogP contribution in [0.1, 0.15) is 10.4 Å². The number of hydrogen-bond donors (Lipinski definition) is 1. The third kappa shape index (κ3) is 3.69. The highest BCUT2D eigenvalue weighted by Crippen LogP contribution is 2.16. The van der Waals surface area contributed by atoms with Crippen molar-refractivity contribution in [3.05, 3.63) is 93.6 Å². The first-order chi connectivity index (χ1) is 15.6. The highest BCUT2D eigenvalue weighted by atomic mass is 32.1. The molecule has 160 valence electrons. The lowest BCUT2D eigenvalue weighted by Gasteiger charge is -2.35. The maximum Gasteiger partial charge on any atom is 0.266 e. The Kier molecular flexibility index (Phi) is 5.28. The summed E-state index contributed by atoms with van der Waals surface area (Å²) in [6.07, 6.45) is 1.78. The molecule has 0 atom stereocenters. The molecule has 4 aromatic rings. The van der Waals surface area contributed by atoms with Crippen molar-refractivity contribution >= 4 is 34.8 Å². The lowest BCUT2D eigenvalue weighted by Crippen LogP contribution is -2.49. The Balaban J connectivity index is 1.35. The summed E-state index contributed by atoms with van der Waals surface area (Å²) in [6, 6.07) is 20.1. The fraction of sp³-hybridized carbons (Fsp3) is 0.167. The summed E-state index contributed by atoms with van der Waals surface area (Å²) in [5, 5.41) is 0.562. The molecule has 3 heterocycles. The van der Waals surface area contributed by atoms with Crippen LogP contribution in [-0.2, 0) is 0 Å². The van der Waals surface area contributed by atoms with Crippen LogP contribution in [0.5, 0.6) is 0 Å². The smallest absolute Gasteiger partial charge is 0.266 e. The fourth-order valence-electron chi connectivity index (χ4n) is 4.01. The number of anilines is 1. The van der Waals surface area contributed by atoms with Crippen LogP contribution in [0.4, 0.5) is 5.82 Å². The van der Waals surface area contributed by atoms with Crippen molar-refractivity contribution in [2.75, 3.05) is 31.1 Å². The maximum absolute atomic E-state index is 13.0. The van der Waals surface area contributed by atoms with Gasteiger partial charge in [0.2, 0.25) is 0 Å². The molecule has 8 heteroatoms. The van der Waals surface area contributed by atoms with Crippen molar-refractivity contribution in [3.63, 3.8) is 0 Å². The summed E-state index contributed by atoms with van der Waals surface area (Å²) in [5.41, 5.74) is 1.73. The van der Waals surface area contributed by atoms with Gasteiger partial charge in [-0.15, -0.1) is 0 Å². The van der Waals surface area contributed by atoms with Gasteiger partial charge in [0, 0.05) is 37.9 Å². The number of nitrogens with zero attached hydrogens (tertiary/aromatic N) is 4. The average Bonchev–Trinajstić information content (AvgIpc) is 2.85. The van der Waals surface area contributed by atoms with Gasteiger partial charge in [-0.25, -0.2) is 4.98 Å². The Morgan fingerprint density at radius 1 is 0.906 bits per heavy atom. The zero-order valence-electron chi connectivity index (χ0n) is 17.3. The Morgan fingerprint density at radius 2 is 1.62 bits per heavy atom. The van der Waals surface area contributed by atoms with Crippen molar-refractivity contribution in [2.45, 2.75) is 0 Å². The molecule has 5 rings (SSSR count). The van der Waals surface area contributed by atoms with E-state index in [0.717, 1.165) is 18.9 Å². The van der Waals surface area contributed by atoms with E-state index in [1.807, 2.05) is 41.3 Å². The molecule has 0 bridgehead atoms. The number of amides is 1. The van der Waals surface area contributed by atoms with E-state index in [2.05, 4.69) is 14.9 Å². The van der Waals surface area contributed by atoms with E-state index in [4.69, 9.17) is 12.2 Å². The van der Waals surface area contributed by atoms with Crippen LogP contribution in [0.3, 0.4) is 0 Å². The number of carbonyl (C=O) groups is 1. The SMILES string of the molecule is O=C(c1ccc(-n2c(=S)[nH]c3ccccc3c2=O)cc1)N1CCN(c2ccccn2)CC1.